The Hall–Kier alpha value is -3.41. The van der Waals surface area contributed by atoms with Crippen LogP contribution in [0, 0.1) is 6.92 Å². The fourth-order valence-corrected chi connectivity index (χ4v) is 2.08. The van der Waals surface area contributed by atoms with E-state index in [-0.39, 0.29) is 5.56 Å². The average Bonchev–Trinajstić information content (AvgIpc) is 2.55. The van der Waals surface area contributed by atoms with Gasteiger partial charge in [0.2, 0.25) is 5.95 Å². The SMILES string of the molecule is Cc1cc(=O)[nH]c(N/N=C/c2cccc(Oc3ccccc3)c2)n1. The molecule has 6 heteroatoms. The molecule has 0 saturated heterocycles. The Labute approximate surface area is 138 Å². The van der Waals surface area contributed by atoms with E-state index in [0.29, 0.717) is 17.4 Å². The van der Waals surface area contributed by atoms with E-state index in [4.69, 9.17) is 4.74 Å². The van der Waals surface area contributed by atoms with Crippen LogP contribution in [0.15, 0.2) is 70.6 Å². The third-order valence-electron chi connectivity index (χ3n) is 3.09. The molecule has 0 radical (unpaired) electrons. The number of anilines is 1. The highest BCUT2D eigenvalue weighted by Gasteiger charge is 1.98. The fraction of sp³-hybridized carbons (Fsp3) is 0.0556. The third kappa shape index (κ3) is 4.30. The fourth-order valence-electron chi connectivity index (χ4n) is 2.08. The maximum atomic E-state index is 11.4. The molecule has 3 rings (SSSR count). The number of aromatic nitrogens is 2. The van der Waals surface area contributed by atoms with E-state index in [0.717, 1.165) is 11.3 Å². The zero-order chi connectivity index (χ0) is 16.8. The first-order valence-corrected chi connectivity index (χ1v) is 7.39. The Kier molecular flexibility index (Phi) is 4.67. The summed E-state index contributed by atoms with van der Waals surface area (Å²) in [7, 11) is 0. The van der Waals surface area contributed by atoms with Gasteiger partial charge < -0.3 is 4.74 Å². The van der Waals surface area contributed by atoms with Gasteiger partial charge in [0.1, 0.15) is 11.5 Å². The van der Waals surface area contributed by atoms with Crippen LogP contribution < -0.4 is 15.7 Å². The lowest BCUT2D eigenvalue weighted by molar-refractivity contribution is 0.482. The van der Waals surface area contributed by atoms with Gasteiger partial charge in [-0.25, -0.2) is 10.4 Å². The zero-order valence-electron chi connectivity index (χ0n) is 13.1. The van der Waals surface area contributed by atoms with Gasteiger partial charge in [-0.1, -0.05) is 30.3 Å². The molecule has 0 atom stereocenters. The van der Waals surface area contributed by atoms with Crippen LogP contribution in [-0.2, 0) is 0 Å². The number of hydrogen-bond donors (Lipinski definition) is 2. The van der Waals surface area contributed by atoms with Gasteiger partial charge in [0.25, 0.3) is 5.56 Å². The second-order valence-corrected chi connectivity index (χ2v) is 5.09. The highest BCUT2D eigenvalue weighted by molar-refractivity contribution is 5.80. The van der Waals surface area contributed by atoms with Crippen molar-refractivity contribution in [3.05, 3.63) is 82.3 Å². The molecular weight excluding hydrogens is 304 g/mol. The molecule has 1 aromatic heterocycles. The summed E-state index contributed by atoms with van der Waals surface area (Å²) in [6.45, 7) is 1.74. The normalized spacial score (nSPS) is 10.7. The van der Waals surface area contributed by atoms with Crippen LogP contribution in [0.2, 0.25) is 0 Å². The number of benzene rings is 2. The van der Waals surface area contributed by atoms with Crippen molar-refractivity contribution in [2.45, 2.75) is 6.92 Å². The third-order valence-corrected chi connectivity index (χ3v) is 3.09. The second-order valence-electron chi connectivity index (χ2n) is 5.09. The van der Waals surface area contributed by atoms with E-state index in [1.807, 2.05) is 54.6 Å². The average molecular weight is 320 g/mol. The van der Waals surface area contributed by atoms with Crippen molar-refractivity contribution in [3.8, 4) is 11.5 Å². The van der Waals surface area contributed by atoms with E-state index in [1.54, 1.807) is 13.1 Å². The van der Waals surface area contributed by atoms with Crippen LogP contribution in [0.3, 0.4) is 0 Å². The summed E-state index contributed by atoms with van der Waals surface area (Å²) >= 11 is 0. The Bertz CT molecular complexity index is 904. The molecule has 0 saturated carbocycles. The van der Waals surface area contributed by atoms with E-state index >= 15 is 0 Å². The van der Waals surface area contributed by atoms with Gasteiger partial charge in [-0.3, -0.25) is 9.78 Å². The molecule has 0 spiro atoms. The summed E-state index contributed by atoms with van der Waals surface area (Å²) in [6.07, 6.45) is 1.63. The number of ether oxygens (including phenoxy) is 1. The maximum absolute atomic E-state index is 11.4. The van der Waals surface area contributed by atoms with Crippen LogP contribution in [0.25, 0.3) is 0 Å². The lowest BCUT2D eigenvalue weighted by Gasteiger charge is -2.05. The highest BCUT2D eigenvalue weighted by atomic mass is 16.5. The molecule has 0 aliphatic rings. The minimum absolute atomic E-state index is 0.224. The molecule has 1 heterocycles. The summed E-state index contributed by atoms with van der Waals surface area (Å²) in [5, 5.41) is 4.08. The van der Waals surface area contributed by atoms with Crippen LogP contribution in [0.5, 0.6) is 11.5 Å². The lowest BCUT2D eigenvalue weighted by atomic mass is 10.2. The monoisotopic (exact) mass is 320 g/mol. The molecule has 0 aliphatic carbocycles. The van der Waals surface area contributed by atoms with Gasteiger partial charge in [-0.05, 0) is 36.8 Å². The first kappa shape index (κ1) is 15.5. The van der Waals surface area contributed by atoms with E-state index in [1.165, 1.54) is 6.07 Å². The highest BCUT2D eigenvalue weighted by Crippen LogP contribution is 2.21. The number of aromatic amines is 1. The summed E-state index contributed by atoms with van der Waals surface area (Å²) in [6, 6.07) is 18.5. The summed E-state index contributed by atoms with van der Waals surface area (Å²) in [5.41, 5.74) is 3.96. The van der Waals surface area contributed by atoms with Gasteiger partial charge in [0.15, 0.2) is 0 Å². The van der Waals surface area contributed by atoms with Crippen molar-refractivity contribution in [1.82, 2.24) is 9.97 Å². The number of aryl methyl sites for hydroxylation is 1. The quantitative estimate of drug-likeness (QED) is 0.558. The zero-order valence-corrected chi connectivity index (χ0v) is 13.1. The van der Waals surface area contributed by atoms with Crippen molar-refractivity contribution in [3.63, 3.8) is 0 Å². The van der Waals surface area contributed by atoms with Crippen molar-refractivity contribution in [1.29, 1.82) is 0 Å². The Balaban J connectivity index is 1.69. The standard InChI is InChI=1S/C18H16N4O2/c1-13-10-17(23)21-18(20-13)22-19-12-14-6-5-9-16(11-14)24-15-7-3-2-4-8-15/h2-12H,1H3,(H2,20,21,22,23)/b19-12+. The predicted molar refractivity (Wildman–Crippen MR) is 93.8 cm³/mol. The van der Waals surface area contributed by atoms with Crippen molar-refractivity contribution >= 4 is 12.2 Å². The lowest BCUT2D eigenvalue weighted by Crippen LogP contribution is -2.10. The first-order chi connectivity index (χ1) is 11.7. The summed E-state index contributed by atoms with van der Waals surface area (Å²) in [4.78, 5) is 18.1. The largest absolute Gasteiger partial charge is 0.457 e. The van der Waals surface area contributed by atoms with Crippen molar-refractivity contribution in [2.24, 2.45) is 5.10 Å². The number of hydrogen-bond acceptors (Lipinski definition) is 5. The first-order valence-electron chi connectivity index (χ1n) is 7.39. The van der Waals surface area contributed by atoms with E-state index in [9.17, 15) is 4.79 Å². The van der Waals surface area contributed by atoms with Crippen molar-refractivity contribution in [2.75, 3.05) is 5.43 Å². The summed E-state index contributed by atoms with van der Waals surface area (Å²) in [5.74, 6) is 1.78. The van der Waals surface area contributed by atoms with Gasteiger partial charge in [0.05, 0.1) is 6.21 Å². The minimum atomic E-state index is -0.224. The molecule has 0 fully saturated rings. The Morgan fingerprint density at radius 1 is 1.08 bits per heavy atom. The molecule has 24 heavy (non-hydrogen) atoms. The molecular formula is C18H16N4O2. The molecule has 0 amide bonds. The smallest absolute Gasteiger partial charge is 0.252 e. The van der Waals surface area contributed by atoms with Gasteiger partial charge in [0, 0.05) is 11.8 Å². The second kappa shape index (κ2) is 7.23. The molecule has 2 aromatic carbocycles. The van der Waals surface area contributed by atoms with Crippen LogP contribution in [-0.4, -0.2) is 16.2 Å². The maximum Gasteiger partial charge on any atom is 0.252 e. The van der Waals surface area contributed by atoms with Crippen LogP contribution in [0.1, 0.15) is 11.3 Å². The molecule has 3 aromatic rings. The molecule has 120 valence electrons. The number of para-hydroxylation sites is 1. The number of H-pyrrole nitrogens is 1. The number of hydrazone groups is 1. The molecule has 6 nitrogen and oxygen atoms in total. The van der Waals surface area contributed by atoms with Crippen molar-refractivity contribution < 1.29 is 4.74 Å². The molecule has 0 aliphatic heterocycles. The van der Waals surface area contributed by atoms with E-state index in [2.05, 4.69) is 20.5 Å². The van der Waals surface area contributed by atoms with E-state index < -0.39 is 0 Å². The van der Waals surface area contributed by atoms with Gasteiger partial charge >= 0.3 is 0 Å². The summed E-state index contributed by atoms with van der Waals surface area (Å²) < 4.78 is 5.77. The Morgan fingerprint density at radius 2 is 1.88 bits per heavy atom. The van der Waals surface area contributed by atoms with Crippen LogP contribution in [0.4, 0.5) is 5.95 Å². The van der Waals surface area contributed by atoms with Gasteiger partial charge in [-0.15, -0.1) is 0 Å². The number of rotatable bonds is 5. The minimum Gasteiger partial charge on any atom is -0.457 e. The molecule has 0 unspecified atom stereocenters. The Morgan fingerprint density at radius 3 is 2.67 bits per heavy atom. The van der Waals surface area contributed by atoms with Gasteiger partial charge in [-0.2, -0.15) is 5.10 Å². The molecule has 2 N–H and O–H groups in total. The number of nitrogens with one attached hydrogen (secondary N) is 2. The predicted octanol–water partition coefficient (Wildman–Crippen LogP) is 3.32. The van der Waals surface area contributed by atoms with Crippen LogP contribution >= 0.6 is 0 Å². The topological polar surface area (TPSA) is 79.4 Å². The number of nitrogens with zero attached hydrogens (tertiary/aromatic N) is 2. The molecule has 0 bridgehead atoms.